The van der Waals surface area contributed by atoms with Crippen molar-refractivity contribution in [2.45, 2.75) is 0 Å². The largest absolute Gasteiger partial charge is 0.569 e. The average molecular weight is 945 g/mol. The first-order valence-corrected chi connectivity index (χ1v) is 24.3. The molecule has 0 spiro atoms. The number of fused-ring (bicyclic) bond motifs is 18. The van der Waals surface area contributed by atoms with E-state index in [2.05, 4.69) is 210 Å². The Labute approximate surface area is 398 Å². The number of rotatable bonds is 3. The summed E-state index contributed by atoms with van der Waals surface area (Å²) in [5.74, 6) is 0.696. The summed E-state index contributed by atoms with van der Waals surface area (Å²) < 4.78 is 11.2. The number of benzene rings is 12. The molecule has 0 saturated carbocycles. The van der Waals surface area contributed by atoms with Crippen LogP contribution in [0.2, 0.25) is 0 Å². The van der Waals surface area contributed by atoms with E-state index < -0.39 is 0 Å². The van der Waals surface area contributed by atoms with E-state index in [-0.39, 0.29) is 0 Å². The van der Waals surface area contributed by atoms with Crippen molar-refractivity contribution in [3.63, 3.8) is 0 Å². The molecule has 0 atom stereocenters. The molecule has 2 heterocycles. The highest BCUT2D eigenvalue weighted by Crippen LogP contribution is 2.43. The van der Waals surface area contributed by atoms with E-state index in [9.17, 15) is 0 Å². The lowest BCUT2D eigenvalue weighted by atomic mass is 9.92. The SMILES string of the molecule is Brc1ccc2c3ccccc3c3ccccc3c2c1.O[B]Oc1cccc2c1sc1ccccc12.c1ccc2c(c1)sc1c(-c3ccc4c5ccccc5c5ccccc5c4c3)cccc12. The smallest absolute Gasteiger partial charge is 0.536 e. The minimum atomic E-state index is 0.696. The first-order chi connectivity index (χ1) is 32.6. The third-order valence-corrected chi connectivity index (χ3v) is 15.6. The molecule has 14 rings (SSSR count). The van der Waals surface area contributed by atoms with Gasteiger partial charge >= 0.3 is 7.69 Å². The van der Waals surface area contributed by atoms with Gasteiger partial charge in [0.2, 0.25) is 0 Å². The Balaban J connectivity index is 0.000000112. The summed E-state index contributed by atoms with van der Waals surface area (Å²) in [4.78, 5) is 0. The molecule has 0 fully saturated rings. The lowest BCUT2D eigenvalue weighted by Crippen LogP contribution is -1.99. The molecule has 1 radical (unpaired) electrons. The predicted molar refractivity (Wildman–Crippen MR) is 292 cm³/mol. The van der Waals surface area contributed by atoms with Gasteiger partial charge < -0.3 is 9.68 Å². The van der Waals surface area contributed by atoms with Gasteiger partial charge in [-0.3, -0.25) is 0 Å². The third-order valence-electron chi connectivity index (χ3n) is 12.7. The molecule has 0 aliphatic rings. The van der Waals surface area contributed by atoms with Crippen LogP contribution in [-0.2, 0) is 0 Å². The quantitative estimate of drug-likeness (QED) is 0.141. The van der Waals surface area contributed by atoms with Crippen LogP contribution in [-0.4, -0.2) is 12.7 Å². The standard InChI is InChI=1S/C30H18S.C18H11Br.C12H8BO2S/c1-2-10-23-21(8-1)22-9-3-4-11-24(22)28-18-19(16-17-25(23)28)20-13-7-14-27-26-12-5-6-15-29(26)31-30(20)27;19-12-9-10-17-15-7-2-1-5-13(15)14-6-3-4-8-16(14)18(17)11-12;14-13-15-10-6-3-5-9-8-4-1-2-7-11(8)16-12(9)10/h1-18H;1-11H;1-7,14H. The maximum Gasteiger partial charge on any atom is 0.569 e. The van der Waals surface area contributed by atoms with E-state index in [0.717, 1.165) is 16.9 Å². The molecule has 0 bridgehead atoms. The highest BCUT2D eigenvalue weighted by Gasteiger charge is 2.14. The minimum Gasteiger partial charge on any atom is -0.536 e. The van der Waals surface area contributed by atoms with Crippen LogP contribution in [0.1, 0.15) is 0 Å². The van der Waals surface area contributed by atoms with Gasteiger partial charge in [-0.25, -0.2) is 0 Å². The third kappa shape index (κ3) is 6.97. The highest BCUT2D eigenvalue weighted by atomic mass is 79.9. The topological polar surface area (TPSA) is 29.5 Å². The van der Waals surface area contributed by atoms with Gasteiger partial charge in [-0.05, 0) is 112 Å². The summed E-state index contributed by atoms with van der Waals surface area (Å²) in [5, 5.41) is 29.7. The summed E-state index contributed by atoms with van der Waals surface area (Å²) in [5.41, 5.74) is 2.60. The molecule has 2 nitrogen and oxygen atoms in total. The van der Waals surface area contributed by atoms with Crippen molar-refractivity contribution in [1.29, 1.82) is 0 Å². The van der Waals surface area contributed by atoms with Gasteiger partial charge in [0.25, 0.3) is 0 Å². The summed E-state index contributed by atoms with van der Waals surface area (Å²) in [6, 6.07) is 77.9. The molecule has 0 saturated heterocycles. The fourth-order valence-electron chi connectivity index (χ4n) is 9.80. The van der Waals surface area contributed by atoms with Crippen LogP contribution in [0.15, 0.2) is 223 Å². The van der Waals surface area contributed by atoms with Crippen molar-refractivity contribution >= 4 is 151 Å². The van der Waals surface area contributed by atoms with Gasteiger partial charge in [0.15, 0.2) is 0 Å². The molecule has 2 aromatic heterocycles. The highest BCUT2D eigenvalue weighted by molar-refractivity contribution is 9.10. The van der Waals surface area contributed by atoms with Gasteiger partial charge in [-0.1, -0.05) is 198 Å². The van der Waals surface area contributed by atoms with E-state index in [1.807, 2.05) is 35.6 Å². The van der Waals surface area contributed by atoms with Crippen LogP contribution in [0.4, 0.5) is 0 Å². The zero-order valence-corrected chi connectivity index (χ0v) is 38.6. The van der Waals surface area contributed by atoms with Gasteiger partial charge in [-0.2, -0.15) is 0 Å². The monoisotopic (exact) mass is 943 g/mol. The second-order valence-corrected chi connectivity index (χ2v) is 19.4. The molecule has 1 N–H and O–H groups in total. The lowest BCUT2D eigenvalue weighted by molar-refractivity contribution is 0.457. The minimum absolute atomic E-state index is 0.696. The number of halogens is 1. The molecule has 0 unspecified atom stereocenters. The Hall–Kier alpha value is -7.06. The molecular weight excluding hydrogens is 908 g/mol. The van der Waals surface area contributed by atoms with E-state index in [0.29, 0.717) is 5.75 Å². The molecule has 0 aliphatic carbocycles. The molecule has 66 heavy (non-hydrogen) atoms. The number of hydrogen-bond acceptors (Lipinski definition) is 4. The van der Waals surface area contributed by atoms with Gasteiger partial charge in [0, 0.05) is 40.1 Å². The van der Waals surface area contributed by atoms with Gasteiger partial charge in [0.1, 0.15) is 5.75 Å². The van der Waals surface area contributed by atoms with Crippen LogP contribution in [0, 0.1) is 0 Å². The fraction of sp³-hybridized carbons (Fsp3) is 0. The molecule has 6 heteroatoms. The van der Waals surface area contributed by atoms with Crippen molar-refractivity contribution < 1.29 is 9.68 Å². The van der Waals surface area contributed by atoms with Crippen molar-refractivity contribution in [3.05, 3.63) is 223 Å². The Morgan fingerprint density at radius 2 is 0.712 bits per heavy atom. The van der Waals surface area contributed by atoms with Crippen molar-refractivity contribution in [2.75, 3.05) is 0 Å². The summed E-state index contributed by atoms with van der Waals surface area (Å²) in [6.07, 6.45) is 0. The Morgan fingerprint density at radius 1 is 0.333 bits per heavy atom. The van der Waals surface area contributed by atoms with Crippen molar-refractivity contribution in [1.82, 2.24) is 0 Å². The van der Waals surface area contributed by atoms with Crippen molar-refractivity contribution in [3.8, 4) is 16.9 Å². The van der Waals surface area contributed by atoms with E-state index in [4.69, 9.17) is 9.68 Å². The molecule has 0 amide bonds. The summed E-state index contributed by atoms with van der Waals surface area (Å²) in [7, 11) is 0.721. The summed E-state index contributed by atoms with van der Waals surface area (Å²) >= 11 is 7.15. The maximum atomic E-state index is 8.71. The molecule has 14 aromatic rings. The summed E-state index contributed by atoms with van der Waals surface area (Å²) in [6.45, 7) is 0. The van der Waals surface area contributed by atoms with Crippen LogP contribution < -0.4 is 4.65 Å². The second-order valence-electron chi connectivity index (χ2n) is 16.4. The van der Waals surface area contributed by atoms with Gasteiger partial charge in [-0.15, -0.1) is 22.7 Å². The van der Waals surface area contributed by atoms with Crippen LogP contribution in [0.25, 0.3) is 116 Å². The zero-order valence-electron chi connectivity index (χ0n) is 35.4. The first-order valence-electron chi connectivity index (χ1n) is 21.9. The van der Waals surface area contributed by atoms with Crippen LogP contribution in [0.5, 0.6) is 5.75 Å². The van der Waals surface area contributed by atoms with Crippen LogP contribution >= 0.6 is 38.6 Å². The molecule has 311 valence electrons. The maximum absolute atomic E-state index is 8.71. The second kappa shape index (κ2) is 17.1. The fourth-order valence-corrected chi connectivity index (χ4v) is 12.6. The average Bonchev–Trinajstić information content (AvgIpc) is 3.96. The van der Waals surface area contributed by atoms with Crippen LogP contribution in [0.3, 0.4) is 0 Å². The van der Waals surface area contributed by atoms with Gasteiger partial charge in [0.05, 0.1) is 4.70 Å². The van der Waals surface area contributed by atoms with Crippen molar-refractivity contribution in [2.24, 2.45) is 0 Å². The molecule has 12 aromatic carbocycles. The Bertz CT molecular complexity index is 4100. The molecular formula is C60H37BBrO2S2. The van der Waals surface area contributed by atoms with E-state index >= 15 is 0 Å². The Kier molecular flexibility index (Phi) is 10.5. The Morgan fingerprint density at radius 3 is 1.23 bits per heavy atom. The molecule has 0 aliphatic heterocycles. The normalized spacial score (nSPS) is 11.5. The van der Waals surface area contributed by atoms with E-state index in [1.165, 1.54) is 111 Å². The lowest BCUT2D eigenvalue weighted by Gasteiger charge is -2.12. The zero-order chi connectivity index (χ0) is 44.1. The predicted octanol–water partition coefficient (Wildman–Crippen LogP) is 18.0. The van der Waals surface area contributed by atoms with E-state index in [1.54, 1.807) is 11.3 Å². The number of thiophene rings is 2. The number of hydrogen-bond donors (Lipinski definition) is 1. The first kappa shape index (κ1) is 40.5.